The third-order valence-electron chi connectivity index (χ3n) is 8.89. The Kier molecular flexibility index (Phi) is 30.0. The smallest absolute Gasteiger partial charge is 0.311 e. The quantitative estimate of drug-likeness (QED) is 0.0615. The topological polar surface area (TPSA) is 26.3 Å². The Balaban J connectivity index is 4.21. The maximum Gasteiger partial charge on any atom is 0.311 e. The van der Waals surface area contributed by atoms with Gasteiger partial charge in [-0.3, -0.25) is 4.79 Å². The van der Waals surface area contributed by atoms with Crippen LogP contribution in [0.25, 0.3) is 0 Å². The van der Waals surface area contributed by atoms with Crippen molar-refractivity contribution in [3.05, 3.63) is 0 Å². The molecule has 234 valence electrons. The molecule has 1 atom stereocenters. The van der Waals surface area contributed by atoms with Gasteiger partial charge in [-0.05, 0) is 26.2 Å². The van der Waals surface area contributed by atoms with Crippen molar-refractivity contribution in [2.45, 2.75) is 220 Å². The first-order valence-electron chi connectivity index (χ1n) is 18.3. The SMILES string of the molecule is CCCCCCCCCCCCCCC(C)(CCCCCCCCCCCC)C(=O)OCCCCCCCC. The van der Waals surface area contributed by atoms with Gasteiger partial charge in [-0.15, -0.1) is 0 Å². The highest BCUT2D eigenvalue weighted by Gasteiger charge is 2.33. The van der Waals surface area contributed by atoms with Crippen molar-refractivity contribution in [1.29, 1.82) is 0 Å². The lowest BCUT2D eigenvalue weighted by molar-refractivity contribution is -0.156. The second-order valence-corrected chi connectivity index (χ2v) is 13.0. The molecule has 0 aromatic carbocycles. The second-order valence-electron chi connectivity index (χ2n) is 13.0. The van der Waals surface area contributed by atoms with Crippen LogP contribution in [0.15, 0.2) is 0 Å². The van der Waals surface area contributed by atoms with Crippen molar-refractivity contribution in [3.63, 3.8) is 0 Å². The van der Waals surface area contributed by atoms with Gasteiger partial charge in [0, 0.05) is 0 Å². The van der Waals surface area contributed by atoms with Crippen molar-refractivity contribution >= 4 is 5.97 Å². The summed E-state index contributed by atoms with van der Waals surface area (Å²) in [7, 11) is 0. The van der Waals surface area contributed by atoms with Gasteiger partial charge in [0.05, 0.1) is 12.0 Å². The molecule has 1 unspecified atom stereocenters. The van der Waals surface area contributed by atoms with Gasteiger partial charge in [-0.2, -0.15) is 0 Å². The molecule has 0 fully saturated rings. The van der Waals surface area contributed by atoms with Gasteiger partial charge in [0.2, 0.25) is 0 Å². The summed E-state index contributed by atoms with van der Waals surface area (Å²) in [6.45, 7) is 9.67. The predicted molar refractivity (Wildman–Crippen MR) is 175 cm³/mol. The Morgan fingerprint density at radius 2 is 0.667 bits per heavy atom. The van der Waals surface area contributed by atoms with E-state index in [1.807, 2.05) is 0 Å². The fraction of sp³-hybridized carbons (Fsp3) is 0.973. The highest BCUT2D eigenvalue weighted by Crippen LogP contribution is 2.33. The van der Waals surface area contributed by atoms with Gasteiger partial charge in [-0.1, -0.05) is 194 Å². The first-order valence-corrected chi connectivity index (χ1v) is 18.3. The highest BCUT2D eigenvalue weighted by atomic mass is 16.5. The van der Waals surface area contributed by atoms with E-state index in [2.05, 4.69) is 27.7 Å². The summed E-state index contributed by atoms with van der Waals surface area (Å²) < 4.78 is 5.87. The van der Waals surface area contributed by atoms with Crippen LogP contribution in [-0.2, 0) is 9.53 Å². The number of unbranched alkanes of at least 4 members (excludes halogenated alkanes) is 25. The maximum atomic E-state index is 13.2. The van der Waals surface area contributed by atoms with Crippen molar-refractivity contribution in [2.75, 3.05) is 6.61 Å². The molecule has 0 aliphatic rings. The predicted octanol–water partition coefficient (Wildman–Crippen LogP) is 13.3. The molecule has 0 amide bonds. The number of carbonyl (C=O) groups excluding carboxylic acids is 1. The molecule has 39 heavy (non-hydrogen) atoms. The molecule has 0 saturated carbocycles. The van der Waals surface area contributed by atoms with E-state index in [4.69, 9.17) is 4.74 Å². The van der Waals surface area contributed by atoms with E-state index >= 15 is 0 Å². The summed E-state index contributed by atoms with van der Waals surface area (Å²) in [5.74, 6) is 0.0926. The van der Waals surface area contributed by atoms with Crippen LogP contribution in [0.3, 0.4) is 0 Å². The molecule has 0 saturated heterocycles. The van der Waals surface area contributed by atoms with E-state index in [1.165, 1.54) is 173 Å². The van der Waals surface area contributed by atoms with Gasteiger partial charge in [0.15, 0.2) is 0 Å². The van der Waals surface area contributed by atoms with Gasteiger partial charge in [0.25, 0.3) is 0 Å². The normalized spacial score (nSPS) is 13.0. The van der Waals surface area contributed by atoms with E-state index in [1.54, 1.807) is 0 Å². The lowest BCUT2D eigenvalue weighted by Crippen LogP contribution is -2.30. The van der Waals surface area contributed by atoms with Crippen LogP contribution in [0.5, 0.6) is 0 Å². The number of rotatable bonds is 32. The Bertz CT molecular complexity index is 488. The monoisotopic (exact) mass is 551 g/mol. The van der Waals surface area contributed by atoms with Crippen LogP contribution in [0, 0.1) is 5.41 Å². The summed E-state index contributed by atoms with van der Waals surface area (Å²) >= 11 is 0. The molecular formula is C37H74O2. The van der Waals surface area contributed by atoms with Gasteiger partial charge in [0.1, 0.15) is 0 Å². The minimum Gasteiger partial charge on any atom is -0.465 e. The molecule has 0 aliphatic carbocycles. The molecule has 2 heteroatoms. The van der Waals surface area contributed by atoms with Crippen LogP contribution >= 0.6 is 0 Å². The lowest BCUT2D eigenvalue weighted by Gasteiger charge is -2.27. The fourth-order valence-electron chi connectivity index (χ4n) is 5.91. The number of ether oxygens (including phenoxy) is 1. The molecule has 0 heterocycles. The summed E-state index contributed by atoms with van der Waals surface area (Å²) in [6, 6.07) is 0. The van der Waals surface area contributed by atoms with E-state index in [9.17, 15) is 4.79 Å². The van der Waals surface area contributed by atoms with Crippen LogP contribution in [0.4, 0.5) is 0 Å². The van der Waals surface area contributed by atoms with Gasteiger partial charge < -0.3 is 4.74 Å². The van der Waals surface area contributed by atoms with Gasteiger partial charge >= 0.3 is 5.97 Å². The average molecular weight is 551 g/mol. The summed E-state index contributed by atoms with van der Waals surface area (Å²) in [4.78, 5) is 13.2. The zero-order valence-electron chi connectivity index (χ0n) is 27.7. The molecule has 0 spiro atoms. The lowest BCUT2D eigenvalue weighted by atomic mass is 9.79. The summed E-state index contributed by atoms with van der Waals surface area (Å²) in [5, 5.41) is 0. The molecule has 0 aliphatic heterocycles. The van der Waals surface area contributed by atoms with Gasteiger partial charge in [-0.25, -0.2) is 0 Å². The van der Waals surface area contributed by atoms with Crippen molar-refractivity contribution in [1.82, 2.24) is 0 Å². The summed E-state index contributed by atoms with van der Waals surface area (Å²) in [6.07, 6.45) is 39.4. The van der Waals surface area contributed by atoms with Crippen molar-refractivity contribution in [3.8, 4) is 0 Å². The van der Waals surface area contributed by atoms with Crippen molar-refractivity contribution < 1.29 is 9.53 Å². The standard InChI is InChI=1S/C37H74O2/c1-5-8-11-14-17-19-21-22-24-26-28-31-34-37(4,36(38)39-35-32-29-16-13-10-7-3)33-30-27-25-23-20-18-15-12-9-6-2/h5-35H2,1-4H3. The largest absolute Gasteiger partial charge is 0.465 e. The first kappa shape index (κ1) is 38.5. The third kappa shape index (κ3) is 26.1. The molecule has 0 aromatic heterocycles. The number of hydrogen-bond acceptors (Lipinski definition) is 2. The van der Waals surface area contributed by atoms with E-state index in [0.717, 1.165) is 19.3 Å². The molecule has 0 rings (SSSR count). The van der Waals surface area contributed by atoms with Crippen LogP contribution in [-0.4, -0.2) is 12.6 Å². The van der Waals surface area contributed by atoms with E-state index < -0.39 is 0 Å². The number of carbonyl (C=O) groups is 1. The maximum absolute atomic E-state index is 13.2. The van der Waals surface area contributed by atoms with Crippen LogP contribution in [0.1, 0.15) is 220 Å². The first-order chi connectivity index (χ1) is 19.1. The molecule has 0 N–H and O–H groups in total. The highest BCUT2D eigenvalue weighted by molar-refractivity contribution is 5.76. The number of hydrogen-bond donors (Lipinski definition) is 0. The van der Waals surface area contributed by atoms with Crippen molar-refractivity contribution in [2.24, 2.45) is 5.41 Å². The Labute approximate surface area is 247 Å². The summed E-state index contributed by atoms with van der Waals surface area (Å²) in [5.41, 5.74) is -0.277. The Hall–Kier alpha value is -0.530. The fourth-order valence-corrected chi connectivity index (χ4v) is 5.91. The van der Waals surface area contributed by atoms with Crippen LogP contribution in [0.2, 0.25) is 0 Å². The molecule has 0 bridgehead atoms. The van der Waals surface area contributed by atoms with E-state index in [0.29, 0.717) is 6.61 Å². The molecular weight excluding hydrogens is 476 g/mol. The molecule has 0 aromatic rings. The Morgan fingerprint density at radius 1 is 0.410 bits per heavy atom. The third-order valence-corrected chi connectivity index (χ3v) is 8.89. The Morgan fingerprint density at radius 3 is 0.974 bits per heavy atom. The minimum absolute atomic E-state index is 0.0926. The second kappa shape index (κ2) is 30.4. The molecule has 2 nitrogen and oxygen atoms in total. The van der Waals surface area contributed by atoms with E-state index in [-0.39, 0.29) is 11.4 Å². The average Bonchev–Trinajstić information content (AvgIpc) is 2.94. The molecule has 0 radical (unpaired) electrons. The zero-order chi connectivity index (χ0) is 28.7. The van der Waals surface area contributed by atoms with Crippen LogP contribution < -0.4 is 0 Å². The zero-order valence-corrected chi connectivity index (χ0v) is 27.7. The minimum atomic E-state index is -0.277. The number of esters is 1.